The highest BCUT2D eigenvalue weighted by Gasteiger charge is 2.19. The van der Waals surface area contributed by atoms with Gasteiger partial charge in [-0.1, -0.05) is 155 Å². The van der Waals surface area contributed by atoms with E-state index < -0.39 is 18.3 Å². The molecule has 0 aliphatic heterocycles. The highest BCUT2D eigenvalue weighted by molar-refractivity contribution is 5.70. The van der Waals surface area contributed by atoms with E-state index in [1.54, 1.807) is 0 Å². The highest BCUT2D eigenvalue weighted by Crippen LogP contribution is 2.14. The molecule has 0 rings (SSSR count). The molecule has 0 saturated heterocycles. The number of hydrogen-bond donors (Lipinski definition) is 1. The number of alkyl carbamates (subject to hydrolysis) is 1. The number of hydrogen-bond acceptors (Lipinski definition) is 9. The fourth-order valence-electron chi connectivity index (χ4n) is 6.54. The molecule has 0 bridgehead atoms. The van der Waals surface area contributed by atoms with Crippen LogP contribution in [0.2, 0.25) is 0 Å². The maximum absolute atomic E-state index is 12.9. The Labute approximate surface area is 362 Å². The van der Waals surface area contributed by atoms with Crippen molar-refractivity contribution in [3.63, 3.8) is 0 Å². The number of carbonyl (C=O) groups excluding carboxylic acids is 3. The van der Waals surface area contributed by atoms with Crippen LogP contribution in [0, 0.1) is 5.92 Å². The molecule has 10 heteroatoms. The molecule has 1 unspecified atom stereocenters. The smallest absolute Gasteiger partial charge is 0.407 e. The molecular weight excluding hydrogens is 745 g/mol. The lowest BCUT2D eigenvalue weighted by atomic mass is 10.1. The van der Waals surface area contributed by atoms with Gasteiger partial charge in [-0.2, -0.15) is 0 Å². The molecule has 0 radical (unpaired) electrons. The Bertz CT molecular complexity index is 984. The summed E-state index contributed by atoms with van der Waals surface area (Å²) in [5, 5.41) is 2.79. The van der Waals surface area contributed by atoms with Crippen LogP contribution in [0.15, 0.2) is 24.3 Å². The molecule has 0 aromatic rings. The maximum atomic E-state index is 12.9. The lowest BCUT2D eigenvalue weighted by Gasteiger charge is -2.20. The minimum Gasteiger partial charge on any atom is -0.465 e. The Kier molecular flexibility index (Phi) is 43.2. The SMILES string of the molecule is CCCCC/C=C\C/C=C\CCCCCCCC(=O)OCC(COC(=O)CCC(OCCCCCCCC)OCCCCCCCC)COC(=O)NCCN(CC)CC. The second-order valence-corrected chi connectivity index (χ2v) is 16.0. The zero-order chi connectivity index (χ0) is 43.3. The number of amides is 1. The first-order valence-corrected chi connectivity index (χ1v) is 24.4. The third-order valence-electron chi connectivity index (χ3n) is 10.5. The largest absolute Gasteiger partial charge is 0.465 e. The van der Waals surface area contributed by atoms with Crippen LogP contribution in [0.3, 0.4) is 0 Å². The second kappa shape index (κ2) is 45.1. The molecule has 1 atom stereocenters. The van der Waals surface area contributed by atoms with Gasteiger partial charge in [-0.25, -0.2) is 4.79 Å². The van der Waals surface area contributed by atoms with E-state index in [0.29, 0.717) is 32.6 Å². The zero-order valence-electron chi connectivity index (χ0n) is 38.9. The summed E-state index contributed by atoms with van der Waals surface area (Å²) in [4.78, 5) is 40.3. The lowest BCUT2D eigenvalue weighted by molar-refractivity contribution is -0.161. The fraction of sp³-hybridized carbons (Fsp3) is 0.857. The average molecular weight is 837 g/mol. The van der Waals surface area contributed by atoms with Crippen LogP contribution >= 0.6 is 0 Å². The quantitative estimate of drug-likeness (QED) is 0.0211. The molecule has 0 aliphatic carbocycles. The Morgan fingerprint density at radius 1 is 0.525 bits per heavy atom. The van der Waals surface area contributed by atoms with E-state index in [0.717, 1.165) is 90.3 Å². The summed E-state index contributed by atoms with van der Waals surface area (Å²) >= 11 is 0. The van der Waals surface area contributed by atoms with Crippen molar-refractivity contribution in [2.75, 3.05) is 59.2 Å². The van der Waals surface area contributed by atoms with Crippen LogP contribution in [-0.4, -0.2) is 88.4 Å². The van der Waals surface area contributed by atoms with Gasteiger partial charge in [-0.15, -0.1) is 0 Å². The molecule has 0 aromatic heterocycles. The van der Waals surface area contributed by atoms with Crippen LogP contribution in [0.25, 0.3) is 0 Å². The van der Waals surface area contributed by atoms with Gasteiger partial charge >= 0.3 is 18.0 Å². The molecule has 0 heterocycles. The molecule has 0 saturated carbocycles. The summed E-state index contributed by atoms with van der Waals surface area (Å²) in [6, 6.07) is 0. The van der Waals surface area contributed by atoms with Gasteiger partial charge in [0, 0.05) is 39.1 Å². The van der Waals surface area contributed by atoms with Gasteiger partial charge in [0.2, 0.25) is 0 Å². The second-order valence-electron chi connectivity index (χ2n) is 16.0. The van der Waals surface area contributed by atoms with Gasteiger partial charge in [-0.3, -0.25) is 9.59 Å². The van der Waals surface area contributed by atoms with E-state index >= 15 is 0 Å². The summed E-state index contributed by atoms with van der Waals surface area (Å²) in [5.41, 5.74) is 0. The Hall–Kier alpha value is -2.43. The number of nitrogens with zero attached hydrogens (tertiary/aromatic N) is 1. The van der Waals surface area contributed by atoms with Crippen molar-refractivity contribution < 1.29 is 38.1 Å². The summed E-state index contributed by atoms with van der Waals surface area (Å²) in [6.07, 6.45) is 35.4. The number of carbonyl (C=O) groups is 3. The summed E-state index contributed by atoms with van der Waals surface area (Å²) < 4.78 is 28.9. The number of nitrogens with one attached hydrogen (secondary N) is 1. The van der Waals surface area contributed by atoms with E-state index in [-0.39, 0.29) is 38.2 Å². The predicted octanol–water partition coefficient (Wildman–Crippen LogP) is 12.4. The molecule has 0 aliphatic rings. The standard InChI is InChI=1S/C49H92N2O8/c1-6-11-14-17-20-21-22-23-24-25-26-27-28-29-32-35-46(52)57-42-45(44-59-49(54)50-38-39-51(9-4)10-5)43-58-47(53)36-37-48(55-40-33-30-18-15-12-7-2)56-41-34-31-19-16-13-8-3/h20-21,23-24,45,48H,6-19,22,25-44H2,1-5H3,(H,50,54)/b21-20-,24-23-. The van der Waals surface area contributed by atoms with Crippen LogP contribution in [0.1, 0.15) is 202 Å². The first kappa shape index (κ1) is 56.6. The monoisotopic (exact) mass is 837 g/mol. The molecule has 346 valence electrons. The van der Waals surface area contributed by atoms with Crippen LogP contribution < -0.4 is 5.32 Å². The van der Waals surface area contributed by atoms with Gasteiger partial charge in [0.1, 0.15) is 19.8 Å². The van der Waals surface area contributed by atoms with Crippen LogP contribution in [-0.2, 0) is 33.3 Å². The number of esters is 2. The van der Waals surface area contributed by atoms with E-state index in [9.17, 15) is 14.4 Å². The van der Waals surface area contributed by atoms with Gasteiger partial charge < -0.3 is 33.9 Å². The molecule has 10 nitrogen and oxygen atoms in total. The molecule has 0 aromatic carbocycles. The van der Waals surface area contributed by atoms with E-state index in [1.165, 1.54) is 77.0 Å². The molecule has 1 N–H and O–H groups in total. The zero-order valence-corrected chi connectivity index (χ0v) is 38.9. The Balaban J connectivity index is 4.82. The summed E-state index contributed by atoms with van der Waals surface area (Å²) in [5.74, 6) is -1.15. The summed E-state index contributed by atoms with van der Waals surface area (Å²) in [6.45, 7) is 15.0. The Morgan fingerprint density at radius 3 is 1.54 bits per heavy atom. The van der Waals surface area contributed by atoms with Crippen molar-refractivity contribution in [1.82, 2.24) is 10.2 Å². The average Bonchev–Trinajstić information content (AvgIpc) is 3.24. The van der Waals surface area contributed by atoms with E-state index in [2.05, 4.69) is 69.1 Å². The lowest BCUT2D eigenvalue weighted by Crippen LogP contribution is -2.36. The van der Waals surface area contributed by atoms with Crippen molar-refractivity contribution in [3.8, 4) is 0 Å². The maximum Gasteiger partial charge on any atom is 0.407 e. The number of likely N-dealkylation sites (N-methyl/N-ethyl adjacent to an activating group) is 1. The van der Waals surface area contributed by atoms with Crippen molar-refractivity contribution >= 4 is 18.0 Å². The van der Waals surface area contributed by atoms with Crippen LogP contribution in [0.5, 0.6) is 0 Å². The van der Waals surface area contributed by atoms with Crippen molar-refractivity contribution in [1.29, 1.82) is 0 Å². The van der Waals surface area contributed by atoms with Crippen molar-refractivity contribution in [3.05, 3.63) is 24.3 Å². The van der Waals surface area contributed by atoms with Gasteiger partial charge in [-0.05, 0) is 64.5 Å². The Morgan fingerprint density at radius 2 is 0.983 bits per heavy atom. The molecule has 0 spiro atoms. The first-order valence-electron chi connectivity index (χ1n) is 24.4. The molecule has 0 fully saturated rings. The number of ether oxygens (including phenoxy) is 5. The van der Waals surface area contributed by atoms with Crippen molar-refractivity contribution in [2.45, 2.75) is 208 Å². The van der Waals surface area contributed by atoms with Gasteiger partial charge in [0.05, 0.1) is 12.3 Å². The topological polar surface area (TPSA) is 113 Å². The molecular formula is C49H92N2O8. The normalized spacial score (nSPS) is 12.3. The van der Waals surface area contributed by atoms with Crippen molar-refractivity contribution in [2.24, 2.45) is 5.92 Å². The number of allylic oxidation sites excluding steroid dienone is 4. The van der Waals surface area contributed by atoms with E-state index in [1.807, 2.05) is 0 Å². The molecule has 1 amide bonds. The summed E-state index contributed by atoms with van der Waals surface area (Å²) in [7, 11) is 0. The van der Waals surface area contributed by atoms with Gasteiger partial charge in [0.15, 0.2) is 6.29 Å². The third-order valence-corrected chi connectivity index (χ3v) is 10.5. The van der Waals surface area contributed by atoms with E-state index in [4.69, 9.17) is 23.7 Å². The minimum atomic E-state index is -0.544. The highest BCUT2D eigenvalue weighted by atomic mass is 16.7. The van der Waals surface area contributed by atoms with Gasteiger partial charge in [0.25, 0.3) is 0 Å². The number of unbranched alkanes of at least 4 members (excludes halogenated alkanes) is 18. The number of rotatable bonds is 44. The third kappa shape index (κ3) is 40.7. The minimum absolute atomic E-state index is 0.00443. The molecule has 59 heavy (non-hydrogen) atoms. The predicted molar refractivity (Wildman–Crippen MR) is 244 cm³/mol. The van der Waals surface area contributed by atoms with Crippen LogP contribution in [0.4, 0.5) is 4.79 Å². The first-order chi connectivity index (χ1) is 28.9. The fourth-order valence-corrected chi connectivity index (χ4v) is 6.54.